The van der Waals surface area contributed by atoms with Crippen LogP contribution in [0, 0.1) is 5.92 Å². The van der Waals surface area contributed by atoms with E-state index in [4.69, 9.17) is 10.5 Å². The minimum Gasteiger partial charge on any atom is -0.382 e. The second kappa shape index (κ2) is 5.58. The Hall–Kier alpha value is -1.69. The average molecular weight is 236 g/mol. The Morgan fingerprint density at radius 3 is 3.06 bits per heavy atom. The highest BCUT2D eigenvalue weighted by atomic mass is 16.5. The van der Waals surface area contributed by atoms with Crippen LogP contribution in [0.25, 0.3) is 0 Å². The number of hydrogen-bond acceptors (Lipinski definition) is 5. The third-order valence-electron chi connectivity index (χ3n) is 2.77. The first-order chi connectivity index (χ1) is 8.25. The van der Waals surface area contributed by atoms with Gasteiger partial charge < -0.3 is 15.8 Å². The van der Waals surface area contributed by atoms with Crippen LogP contribution in [0.3, 0.4) is 0 Å². The SMILES string of the molecule is Nc1cnc(C(=O)NCCC2CCOC2)cn1. The normalized spacial score (nSPS) is 19.2. The Morgan fingerprint density at radius 2 is 2.41 bits per heavy atom. The summed E-state index contributed by atoms with van der Waals surface area (Å²) in [6.45, 7) is 2.28. The van der Waals surface area contributed by atoms with Crippen LogP contribution in [0.1, 0.15) is 23.3 Å². The number of nitrogens with one attached hydrogen (secondary N) is 1. The van der Waals surface area contributed by atoms with Gasteiger partial charge in [0.1, 0.15) is 11.5 Å². The fourth-order valence-corrected chi connectivity index (χ4v) is 1.75. The summed E-state index contributed by atoms with van der Waals surface area (Å²) in [5, 5.41) is 2.81. The third kappa shape index (κ3) is 3.39. The van der Waals surface area contributed by atoms with E-state index in [0.717, 1.165) is 26.1 Å². The second-order valence-electron chi connectivity index (χ2n) is 4.10. The third-order valence-corrected chi connectivity index (χ3v) is 2.77. The van der Waals surface area contributed by atoms with Gasteiger partial charge in [-0.3, -0.25) is 4.79 Å². The largest absolute Gasteiger partial charge is 0.382 e. The molecule has 17 heavy (non-hydrogen) atoms. The molecule has 0 radical (unpaired) electrons. The molecule has 2 rings (SSSR count). The van der Waals surface area contributed by atoms with Gasteiger partial charge in [0, 0.05) is 19.8 Å². The van der Waals surface area contributed by atoms with E-state index in [2.05, 4.69) is 15.3 Å². The lowest BCUT2D eigenvalue weighted by molar-refractivity contribution is 0.0945. The molecule has 92 valence electrons. The predicted octanol–water partition coefficient (Wildman–Crippen LogP) is 0.215. The lowest BCUT2D eigenvalue weighted by Gasteiger charge is -2.08. The van der Waals surface area contributed by atoms with Gasteiger partial charge in [-0.1, -0.05) is 0 Å². The molecule has 2 heterocycles. The highest BCUT2D eigenvalue weighted by molar-refractivity contribution is 5.91. The van der Waals surface area contributed by atoms with Crippen molar-refractivity contribution in [1.82, 2.24) is 15.3 Å². The molecule has 0 aliphatic carbocycles. The zero-order valence-electron chi connectivity index (χ0n) is 9.56. The van der Waals surface area contributed by atoms with Gasteiger partial charge in [0.05, 0.1) is 12.4 Å². The summed E-state index contributed by atoms with van der Waals surface area (Å²) in [5.74, 6) is 0.661. The summed E-state index contributed by atoms with van der Waals surface area (Å²) < 4.78 is 5.26. The molecular formula is C11H16N4O2. The quantitative estimate of drug-likeness (QED) is 0.780. The molecule has 0 bridgehead atoms. The van der Waals surface area contributed by atoms with E-state index in [9.17, 15) is 4.79 Å². The van der Waals surface area contributed by atoms with Crippen molar-refractivity contribution < 1.29 is 9.53 Å². The Kier molecular flexibility index (Phi) is 3.87. The fourth-order valence-electron chi connectivity index (χ4n) is 1.75. The molecule has 1 aliphatic heterocycles. The van der Waals surface area contributed by atoms with Crippen LogP contribution < -0.4 is 11.1 Å². The number of nitrogen functional groups attached to an aromatic ring is 1. The number of hydrogen-bond donors (Lipinski definition) is 2. The van der Waals surface area contributed by atoms with Crippen molar-refractivity contribution >= 4 is 11.7 Å². The lowest BCUT2D eigenvalue weighted by Crippen LogP contribution is -2.27. The zero-order valence-corrected chi connectivity index (χ0v) is 9.56. The highest BCUT2D eigenvalue weighted by Crippen LogP contribution is 2.15. The summed E-state index contributed by atoms with van der Waals surface area (Å²) in [6, 6.07) is 0. The number of carbonyl (C=O) groups excluding carboxylic acids is 1. The summed E-state index contributed by atoms with van der Waals surface area (Å²) in [5.41, 5.74) is 5.68. The minimum absolute atomic E-state index is 0.212. The molecule has 6 heteroatoms. The molecule has 1 aliphatic rings. The number of anilines is 1. The van der Waals surface area contributed by atoms with Gasteiger partial charge in [0.15, 0.2) is 0 Å². The molecule has 1 aromatic rings. The fraction of sp³-hybridized carbons (Fsp3) is 0.545. The van der Waals surface area contributed by atoms with E-state index in [1.54, 1.807) is 0 Å². The molecule has 1 fully saturated rings. The number of nitrogens with zero attached hydrogens (tertiary/aromatic N) is 2. The monoisotopic (exact) mass is 236 g/mol. The topological polar surface area (TPSA) is 90.1 Å². The van der Waals surface area contributed by atoms with Crippen LogP contribution >= 0.6 is 0 Å². The maximum Gasteiger partial charge on any atom is 0.271 e. The zero-order chi connectivity index (χ0) is 12.1. The van der Waals surface area contributed by atoms with Crippen molar-refractivity contribution in [2.24, 2.45) is 5.92 Å². The van der Waals surface area contributed by atoms with Crippen LogP contribution in [0.15, 0.2) is 12.4 Å². The van der Waals surface area contributed by atoms with Gasteiger partial charge in [-0.2, -0.15) is 0 Å². The molecular weight excluding hydrogens is 220 g/mol. The predicted molar refractivity (Wildman–Crippen MR) is 62.3 cm³/mol. The highest BCUT2D eigenvalue weighted by Gasteiger charge is 2.15. The van der Waals surface area contributed by atoms with Crippen LogP contribution in [0.5, 0.6) is 0 Å². The Labute approximate surface area is 99.6 Å². The summed E-state index contributed by atoms with van der Waals surface area (Å²) in [4.78, 5) is 19.4. The van der Waals surface area contributed by atoms with E-state index in [0.29, 0.717) is 24.0 Å². The van der Waals surface area contributed by atoms with Crippen LogP contribution in [0.4, 0.5) is 5.82 Å². The maximum atomic E-state index is 11.6. The number of ether oxygens (including phenoxy) is 1. The van der Waals surface area contributed by atoms with Gasteiger partial charge >= 0.3 is 0 Å². The first-order valence-corrected chi connectivity index (χ1v) is 5.69. The van der Waals surface area contributed by atoms with Gasteiger partial charge in [-0.05, 0) is 18.8 Å². The molecule has 0 aromatic carbocycles. The van der Waals surface area contributed by atoms with Gasteiger partial charge in [-0.15, -0.1) is 0 Å². The van der Waals surface area contributed by atoms with Crippen LogP contribution in [-0.2, 0) is 4.74 Å². The Bertz CT molecular complexity index is 374. The van der Waals surface area contributed by atoms with E-state index >= 15 is 0 Å². The summed E-state index contributed by atoms with van der Waals surface area (Å²) in [6.07, 6.45) is 4.77. The van der Waals surface area contributed by atoms with Crippen molar-refractivity contribution in [3.05, 3.63) is 18.1 Å². The smallest absolute Gasteiger partial charge is 0.271 e. The Morgan fingerprint density at radius 1 is 1.53 bits per heavy atom. The van der Waals surface area contributed by atoms with Crippen molar-refractivity contribution in [3.8, 4) is 0 Å². The number of aromatic nitrogens is 2. The molecule has 1 unspecified atom stereocenters. The molecule has 1 aromatic heterocycles. The van der Waals surface area contributed by atoms with Crippen molar-refractivity contribution in [3.63, 3.8) is 0 Å². The molecule has 1 saturated heterocycles. The number of nitrogens with two attached hydrogens (primary N) is 1. The van der Waals surface area contributed by atoms with Gasteiger partial charge in [-0.25, -0.2) is 9.97 Å². The first-order valence-electron chi connectivity index (χ1n) is 5.69. The van der Waals surface area contributed by atoms with Crippen molar-refractivity contribution in [2.75, 3.05) is 25.5 Å². The van der Waals surface area contributed by atoms with Gasteiger partial charge in [0.25, 0.3) is 5.91 Å². The molecule has 1 amide bonds. The average Bonchev–Trinajstić information content (AvgIpc) is 2.83. The number of carbonyl (C=O) groups is 1. The molecule has 6 nitrogen and oxygen atoms in total. The van der Waals surface area contributed by atoms with E-state index in [1.807, 2.05) is 0 Å². The summed E-state index contributed by atoms with van der Waals surface area (Å²) >= 11 is 0. The van der Waals surface area contributed by atoms with Crippen LogP contribution in [0.2, 0.25) is 0 Å². The van der Waals surface area contributed by atoms with E-state index in [1.165, 1.54) is 12.4 Å². The van der Waals surface area contributed by atoms with Crippen molar-refractivity contribution in [1.29, 1.82) is 0 Å². The van der Waals surface area contributed by atoms with Gasteiger partial charge in [0.2, 0.25) is 0 Å². The Balaban J connectivity index is 1.75. The van der Waals surface area contributed by atoms with Crippen molar-refractivity contribution in [2.45, 2.75) is 12.8 Å². The standard InChI is InChI=1S/C11H16N4O2/c12-10-6-14-9(5-15-10)11(16)13-3-1-8-2-4-17-7-8/h5-6,8H,1-4,7H2,(H2,12,15)(H,13,16). The molecule has 1 atom stereocenters. The second-order valence-corrected chi connectivity index (χ2v) is 4.10. The van der Waals surface area contributed by atoms with E-state index < -0.39 is 0 Å². The molecule has 0 spiro atoms. The lowest BCUT2D eigenvalue weighted by atomic mass is 10.1. The molecule has 0 saturated carbocycles. The minimum atomic E-state index is -0.212. The van der Waals surface area contributed by atoms with E-state index in [-0.39, 0.29) is 5.91 Å². The number of rotatable bonds is 4. The number of amides is 1. The molecule has 3 N–H and O–H groups in total. The summed E-state index contributed by atoms with van der Waals surface area (Å²) in [7, 11) is 0. The van der Waals surface area contributed by atoms with Crippen LogP contribution in [-0.4, -0.2) is 35.6 Å². The maximum absolute atomic E-state index is 11.6. The first kappa shape index (κ1) is 11.8.